The molecular weight excluding hydrogens is 272 g/mol. The first-order chi connectivity index (χ1) is 9.10. The van der Waals surface area contributed by atoms with E-state index < -0.39 is 5.69 Å². The first-order valence-corrected chi connectivity index (χ1v) is 6.31. The van der Waals surface area contributed by atoms with Crippen molar-refractivity contribution in [2.75, 3.05) is 26.3 Å². The number of thioether (sulfide) groups is 1. The smallest absolute Gasteiger partial charge is 0.372 e. The van der Waals surface area contributed by atoms with Crippen LogP contribution in [0.2, 0.25) is 0 Å². The first-order valence-electron chi connectivity index (χ1n) is 5.09. The van der Waals surface area contributed by atoms with Gasteiger partial charge in [-0.05, 0) is 6.26 Å². The Kier molecular flexibility index (Phi) is 3.60. The van der Waals surface area contributed by atoms with Crippen molar-refractivity contribution in [2.24, 2.45) is 0 Å². The van der Waals surface area contributed by atoms with Crippen LogP contribution in [0, 0.1) is 0 Å². The van der Waals surface area contributed by atoms with E-state index in [1.807, 2.05) is 0 Å². The molecule has 102 valence electrons. The van der Waals surface area contributed by atoms with Gasteiger partial charge in [0, 0.05) is 0 Å². The molecule has 0 atom stereocenters. The van der Waals surface area contributed by atoms with E-state index in [9.17, 15) is 4.79 Å². The lowest BCUT2D eigenvalue weighted by Crippen LogP contribution is -2.30. The average molecular weight is 284 g/mol. The Hall–Kier alpha value is -2.23. The second kappa shape index (κ2) is 5.18. The van der Waals surface area contributed by atoms with E-state index >= 15 is 0 Å². The van der Waals surface area contributed by atoms with Crippen LogP contribution in [0.5, 0.6) is 11.8 Å². The van der Waals surface area contributed by atoms with Gasteiger partial charge in [0.05, 0.1) is 20.3 Å². The van der Waals surface area contributed by atoms with Crippen molar-refractivity contribution in [3.8, 4) is 17.7 Å². The summed E-state index contributed by atoms with van der Waals surface area (Å²) in [5.41, 5.74) is -0.556. The summed E-state index contributed by atoms with van der Waals surface area (Å²) in [6, 6.07) is 1.49. The molecule has 9 nitrogen and oxygen atoms in total. The Morgan fingerprint density at radius 2 is 1.84 bits per heavy atom. The van der Waals surface area contributed by atoms with E-state index in [0.29, 0.717) is 5.16 Å². The molecule has 0 aliphatic carbocycles. The van der Waals surface area contributed by atoms with Gasteiger partial charge >= 0.3 is 5.69 Å². The van der Waals surface area contributed by atoms with Crippen LogP contribution in [0.1, 0.15) is 0 Å². The van der Waals surface area contributed by atoms with Crippen LogP contribution in [-0.2, 0) is 0 Å². The van der Waals surface area contributed by atoms with Gasteiger partial charge in [0.1, 0.15) is 0 Å². The molecule has 0 fully saturated rings. The molecule has 2 aromatic rings. The van der Waals surface area contributed by atoms with Crippen LogP contribution < -0.4 is 21.0 Å². The van der Waals surface area contributed by atoms with Crippen LogP contribution in [0.15, 0.2) is 16.0 Å². The first kappa shape index (κ1) is 13.2. The summed E-state index contributed by atoms with van der Waals surface area (Å²) in [6.45, 7) is 0. The number of aromatic nitrogens is 5. The number of methoxy groups -OCH3 is 2. The van der Waals surface area contributed by atoms with Gasteiger partial charge in [-0.2, -0.15) is 14.6 Å². The van der Waals surface area contributed by atoms with E-state index in [4.69, 9.17) is 15.3 Å². The lowest BCUT2D eigenvalue weighted by Gasteiger charge is -2.04. The van der Waals surface area contributed by atoms with Crippen molar-refractivity contribution in [1.82, 2.24) is 24.4 Å². The Morgan fingerprint density at radius 1 is 1.26 bits per heavy atom. The SMILES string of the molecule is COc1cc(OC)nc(-n2nc(SC)n(N)c2=O)n1. The number of rotatable bonds is 4. The third-order valence-corrected chi connectivity index (χ3v) is 2.88. The monoisotopic (exact) mass is 284 g/mol. The molecule has 0 saturated heterocycles. The maximum absolute atomic E-state index is 11.9. The standard InChI is InChI=1S/C9H12N6O3S/c1-17-5-4-6(18-2)12-7(11-5)15-9(16)14(10)8(13-15)19-3/h4H,10H2,1-3H3. The number of nitrogens with two attached hydrogens (primary N) is 1. The van der Waals surface area contributed by atoms with Gasteiger partial charge in [0.2, 0.25) is 16.9 Å². The van der Waals surface area contributed by atoms with Gasteiger partial charge in [-0.3, -0.25) is 0 Å². The average Bonchev–Trinajstić information content (AvgIpc) is 2.74. The summed E-state index contributed by atoms with van der Waals surface area (Å²) in [7, 11) is 2.90. The summed E-state index contributed by atoms with van der Waals surface area (Å²) in [6.07, 6.45) is 1.75. The molecule has 10 heteroatoms. The van der Waals surface area contributed by atoms with Crippen LogP contribution >= 0.6 is 11.8 Å². The quantitative estimate of drug-likeness (QED) is 0.578. The maximum atomic E-state index is 11.9. The number of hydrogen-bond acceptors (Lipinski definition) is 8. The number of hydrogen-bond donors (Lipinski definition) is 1. The number of nitrogen functional groups attached to an aromatic ring is 1. The van der Waals surface area contributed by atoms with Crippen molar-refractivity contribution in [3.63, 3.8) is 0 Å². The van der Waals surface area contributed by atoms with E-state index in [-0.39, 0.29) is 17.7 Å². The van der Waals surface area contributed by atoms with E-state index in [0.717, 1.165) is 9.36 Å². The highest BCUT2D eigenvalue weighted by Gasteiger charge is 2.16. The molecule has 0 saturated carbocycles. The van der Waals surface area contributed by atoms with E-state index in [2.05, 4.69) is 15.1 Å². The Balaban J connectivity index is 2.61. The van der Waals surface area contributed by atoms with E-state index in [1.54, 1.807) is 6.26 Å². The maximum Gasteiger partial charge on any atom is 0.372 e. The fourth-order valence-electron chi connectivity index (χ4n) is 1.33. The largest absolute Gasteiger partial charge is 0.481 e. The summed E-state index contributed by atoms with van der Waals surface area (Å²) < 4.78 is 11.9. The van der Waals surface area contributed by atoms with Crippen LogP contribution in [0.25, 0.3) is 5.95 Å². The third-order valence-electron chi connectivity index (χ3n) is 2.24. The summed E-state index contributed by atoms with van der Waals surface area (Å²) in [5.74, 6) is 6.11. The molecule has 0 aliphatic heterocycles. The van der Waals surface area contributed by atoms with Gasteiger partial charge in [-0.1, -0.05) is 11.8 Å². The van der Waals surface area contributed by atoms with Crippen LogP contribution in [-0.4, -0.2) is 44.9 Å². The molecule has 2 N–H and O–H groups in total. The van der Waals surface area contributed by atoms with Crippen LogP contribution in [0.3, 0.4) is 0 Å². The molecular formula is C9H12N6O3S. The molecule has 0 aromatic carbocycles. The normalized spacial score (nSPS) is 10.5. The molecule has 2 rings (SSSR count). The van der Waals surface area contributed by atoms with Crippen molar-refractivity contribution < 1.29 is 9.47 Å². The summed E-state index contributed by atoms with van der Waals surface area (Å²) >= 11 is 1.23. The minimum atomic E-state index is -0.556. The Morgan fingerprint density at radius 3 is 2.26 bits per heavy atom. The summed E-state index contributed by atoms with van der Waals surface area (Å²) in [4.78, 5) is 20.0. The highest BCUT2D eigenvalue weighted by Crippen LogP contribution is 2.16. The highest BCUT2D eigenvalue weighted by molar-refractivity contribution is 7.98. The van der Waals surface area contributed by atoms with Crippen LogP contribution in [0.4, 0.5) is 0 Å². The van der Waals surface area contributed by atoms with Crippen molar-refractivity contribution in [3.05, 3.63) is 16.6 Å². The summed E-state index contributed by atoms with van der Waals surface area (Å²) in [5, 5.41) is 4.36. The number of ether oxygens (including phenoxy) is 2. The minimum absolute atomic E-state index is 0.0284. The zero-order valence-electron chi connectivity index (χ0n) is 10.5. The van der Waals surface area contributed by atoms with Crippen molar-refractivity contribution >= 4 is 11.8 Å². The predicted octanol–water partition coefficient (Wildman–Crippen LogP) is -0.723. The van der Waals surface area contributed by atoms with Crippen molar-refractivity contribution in [2.45, 2.75) is 5.16 Å². The van der Waals surface area contributed by atoms with Gasteiger partial charge in [0.25, 0.3) is 5.95 Å². The molecule has 2 heterocycles. The van der Waals surface area contributed by atoms with Gasteiger partial charge in [-0.15, -0.1) is 9.78 Å². The number of nitrogens with zero attached hydrogens (tertiary/aromatic N) is 5. The molecule has 0 unspecified atom stereocenters. The van der Waals surface area contributed by atoms with Crippen molar-refractivity contribution in [1.29, 1.82) is 0 Å². The van der Waals surface area contributed by atoms with Gasteiger partial charge in [-0.25, -0.2) is 4.79 Å². The molecule has 0 spiro atoms. The molecule has 19 heavy (non-hydrogen) atoms. The van der Waals surface area contributed by atoms with Gasteiger partial charge < -0.3 is 15.3 Å². The topological polar surface area (TPSA) is 110 Å². The Bertz CT molecular complexity index is 630. The molecule has 0 radical (unpaired) electrons. The van der Waals surface area contributed by atoms with Gasteiger partial charge in [0.15, 0.2) is 0 Å². The lowest BCUT2D eigenvalue weighted by atomic mass is 10.6. The second-order valence-corrected chi connectivity index (χ2v) is 4.08. The molecule has 0 aliphatic rings. The third kappa shape index (κ3) is 2.34. The fourth-order valence-corrected chi connectivity index (χ4v) is 1.76. The molecule has 0 amide bonds. The second-order valence-electron chi connectivity index (χ2n) is 3.30. The predicted molar refractivity (Wildman–Crippen MR) is 68.4 cm³/mol. The zero-order valence-corrected chi connectivity index (χ0v) is 11.3. The minimum Gasteiger partial charge on any atom is -0.481 e. The fraction of sp³-hybridized carbons (Fsp3) is 0.333. The lowest BCUT2D eigenvalue weighted by molar-refractivity contribution is 0.369. The Labute approximate surface area is 112 Å². The molecule has 2 aromatic heterocycles. The zero-order chi connectivity index (χ0) is 14.0. The highest BCUT2D eigenvalue weighted by atomic mass is 32.2. The van der Waals surface area contributed by atoms with E-state index in [1.165, 1.54) is 32.0 Å². The molecule has 0 bridgehead atoms.